The van der Waals surface area contributed by atoms with Gasteiger partial charge >= 0.3 is 5.97 Å². The molecule has 3 atom stereocenters. The first-order valence-electron chi connectivity index (χ1n) is 6.53. The standard InChI is InChI=1S/C14H24O3/c1-5-6-7-12-9-8-11(4)14(12,16)13(15)17-10(2)3/h6-7,10-12,16H,5,8-9H2,1-4H3/b7-6+/t11?,12-,14+/m0/s1. The monoisotopic (exact) mass is 240 g/mol. The van der Waals surface area contributed by atoms with Gasteiger partial charge in [-0.05, 0) is 39.0 Å². The van der Waals surface area contributed by atoms with E-state index in [9.17, 15) is 9.90 Å². The van der Waals surface area contributed by atoms with Crippen molar-refractivity contribution >= 4 is 5.97 Å². The lowest BCUT2D eigenvalue weighted by molar-refractivity contribution is -0.176. The van der Waals surface area contributed by atoms with Gasteiger partial charge in [-0.1, -0.05) is 26.0 Å². The van der Waals surface area contributed by atoms with Gasteiger partial charge in [0.15, 0.2) is 5.60 Å². The van der Waals surface area contributed by atoms with E-state index in [2.05, 4.69) is 0 Å². The van der Waals surface area contributed by atoms with Crippen molar-refractivity contribution in [3.05, 3.63) is 12.2 Å². The summed E-state index contributed by atoms with van der Waals surface area (Å²) in [4.78, 5) is 12.1. The van der Waals surface area contributed by atoms with Crippen molar-refractivity contribution in [1.29, 1.82) is 0 Å². The first-order valence-corrected chi connectivity index (χ1v) is 6.53. The van der Waals surface area contributed by atoms with Crippen molar-refractivity contribution in [3.8, 4) is 0 Å². The molecular weight excluding hydrogens is 216 g/mol. The van der Waals surface area contributed by atoms with Crippen LogP contribution in [0.25, 0.3) is 0 Å². The van der Waals surface area contributed by atoms with Gasteiger partial charge in [-0.15, -0.1) is 0 Å². The summed E-state index contributed by atoms with van der Waals surface area (Å²) in [6.45, 7) is 7.57. The quantitative estimate of drug-likeness (QED) is 0.607. The van der Waals surface area contributed by atoms with Crippen molar-refractivity contribution in [2.75, 3.05) is 0 Å². The van der Waals surface area contributed by atoms with Gasteiger partial charge < -0.3 is 9.84 Å². The van der Waals surface area contributed by atoms with Crippen molar-refractivity contribution in [2.45, 2.75) is 58.7 Å². The molecule has 98 valence electrons. The van der Waals surface area contributed by atoms with Crippen LogP contribution in [0.2, 0.25) is 0 Å². The number of rotatable bonds is 4. The Balaban J connectivity index is 2.87. The van der Waals surface area contributed by atoms with Crippen LogP contribution in [-0.4, -0.2) is 22.8 Å². The molecule has 1 aliphatic rings. The Morgan fingerprint density at radius 1 is 1.53 bits per heavy atom. The largest absolute Gasteiger partial charge is 0.461 e. The minimum atomic E-state index is -1.34. The topological polar surface area (TPSA) is 46.5 Å². The molecule has 0 aromatic rings. The van der Waals surface area contributed by atoms with Crippen LogP contribution in [0.3, 0.4) is 0 Å². The van der Waals surface area contributed by atoms with E-state index in [1.807, 2.05) is 26.0 Å². The summed E-state index contributed by atoms with van der Waals surface area (Å²) >= 11 is 0. The molecule has 0 spiro atoms. The predicted molar refractivity (Wildman–Crippen MR) is 67.5 cm³/mol. The minimum Gasteiger partial charge on any atom is -0.461 e. The molecule has 1 N–H and O–H groups in total. The Morgan fingerprint density at radius 2 is 2.18 bits per heavy atom. The van der Waals surface area contributed by atoms with Gasteiger partial charge in [0.25, 0.3) is 0 Å². The molecule has 0 aliphatic heterocycles. The van der Waals surface area contributed by atoms with E-state index in [-0.39, 0.29) is 17.9 Å². The first-order chi connectivity index (χ1) is 7.92. The van der Waals surface area contributed by atoms with Crippen molar-refractivity contribution in [3.63, 3.8) is 0 Å². The van der Waals surface area contributed by atoms with Crippen LogP contribution >= 0.6 is 0 Å². The van der Waals surface area contributed by atoms with E-state index in [1.165, 1.54) is 0 Å². The Kier molecular flexibility index (Phi) is 4.75. The molecule has 1 unspecified atom stereocenters. The summed E-state index contributed by atoms with van der Waals surface area (Å²) in [7, 11) is 0. The third-order valence-corrected chi connectivity index (χ3v) is 3.50. The van der Waals surface area contributed by atoms with Gasteiger partial charge in [-0.3, -0.25) is 0 Å². The normalized spacial score (nSPS) is 33.5. The molecule has 3 nitrogen and oxygen atoms in total. The van der Waals surface area contributed by atoms with E-state index in [4.69, 9.17) is 4.74 Å². The van der Waals surface area contributed by atoms with Crippen molar-refractivity contribution in [2.24, 2.45) is 11.8 Å². The zero-order valence-corrected chi connectivity index (χ0v) is 11.3. The highest BCUT2D eigenvalue weighted by Crippen LogP contribution is 2.42. The molecular formula is C14H24O3. The van der Waals surface area contributed by atoms with Crippen molar-refractivity contribution in [1.82, 2.24) is 0 Å². The molecule has 0 saturated heterocycles. The molecule has 3 heteroatoms. The second kappa shape index (κ2) is 5.67. The second-order valence-corrected chi connectivity index (χ2v) is 5.20. The molecule has 1 saturated carbocycles. The molecule has 1 fully saturated rings. The number of esters is 1. The molecule has 0 heterocycles. The number of ether oxygens (including phenoxy) is 1. The first kappa shape index (κ1) is 14.2. The fourth-order valence-corrected chi connectivity index (χ4v) is 2.44. The van der Waals surface area contributed by atoms with Gasteiger partial charge in [-0.25, -0.2) is 4.79 Å². The average molecular weight is 240 g/mol. The minimum absolute atomic E-state index is 0.0414. The van der Waals surface area contributed by atoms with Gasteiger partial charge in [0.1, 0.15) is 0 Å². The lowest BCUT2D eigenvalue weighted by Gasteiger charge is -2.30. The Labute approximate surface area is 104 Å². The molecule has 0 amide bonds. The predicted octanol–water partition coefficient (Wildman–Crippen LogP) is 2.68. The highest BCUT2D eigenvalue weighted by atomic mass is 16.6. The number of carbonyl (C=O) groups is 1. The van der Waals surface area contributed by atoms with Crippen LogP contribution in [-0.2, 0) is 9.53 Å². The summed E-state index contributed by atoms with van der Waals surface area (Å²) in [6, 6.07) is 0. The number of aliphatic hydroxyl groups is 1. The molecule has 0 radical (unpaired) electrons. The zero-order valence-electron chi connectivity index (χ0n) is 11.3. The fraction of sp³-hybridized carbons (Fsp3) is 0.786. The van der Waals surface area contributed by atoms with Gasteiger partial charge in [0.2, 0.25) is 0 Å². The van der Waals surface area contributed by atoms with E-state index < -0.39 is 11.6 Å². The van der Waals surface area contributed by atoms with Crippen molar-refractivity contribution < 1.29 is 14.6 Å². The number of allylic oxidation sites excluding steroid dienone is 1. The molecule has 17 heavy (non-hydrogen) atoms. The third-order valence-electron chi connectivity index (χ3n) is 3.50. The van der Waals surface area contributed by atoms with E-state index in [0.717, 1.165) is 19.3 Å². The molecule has 1 aliphatic carbocycles. The lowest BCUT2D eigenvalue weighted by Crippen LogP contribution is -2.48. The molecule has 1 rings (SSSR count). The third kappa shape index (κ3) is 2.89. The van der Waals surface area contributed by atoms with Gasteiger partial charge in [0, 0.05) is 5.92 Å². The zero-order chi connectivity index (χ0) is 13.1. The maximum Gasteiger partial charge on any atom is 0.339 e. The van der Waals surface area contributed by atoms with Crippen LogP contribution in [0.4, 0.5) is 0 Å². The van der Waals surface area contributed by atoms with E-state index in [1.54, 1.807) is 13.8 Å². The van der Waals surface area contributed by atoms with Gasteiger partial charge in [0.05, 0.1) is 6.10 Å². The Hall–Kier alpha value is -0.830. The summed E-state index contributed by atoms with van der Waals surface area (Å²) in [5.74, 6) is -0.618. The van der Waals surface area contributed by atoms with Gasteiger partial charge in [-0.2, -0.15) is 0 Å². The number of hydrogen-bond acceptors (Lipinski definition) is 3. The average Bonchev–Trinajstić information content (AvgIpc) is 2.53. The maximum absolute atomic E-state index is 12.1. The second-order valence-electron chi connectivity index (χ2n) is 5.20. The summed E-state index contributed by atoms with van der Waals surface area (Å²) in [5, 5.41) is 10.6. The summed E-state index contributed by atoms with van der Waals surface area (Å²) in [6.07, 6.45) is 6.42. The maximum atomic E-state index is 12.1. The van der Waals surface area contributed by atoms with Crippen LogP contribution in [0.5, 0.6) is 0 Å². The van der Waals surface area contributed by atoms with Crippen LogP contribution < -0.4 is 0 Å². The fourth-order valence-electron chi connectivity index (χ4n) is 2.44. The number of hydrogen-bond donors (Lipinski definition) is 1. The lowest BCUT2D eigenvalue weighted by atomic mass is 9.84. The van der Waals surface area contributed by atoms with Crippen LogP contribution in [0.1, 0.15) is 47.0 Å². The van der Waals surface area contributed by atoms with Crippen LogP contribution in [0, 0.1) is 11.8 Å². The smallest absolute Gasteiger partial charge is 0.339 e. The SMILES string of the molecule is CC/C=C/[C@H]1CCC(C)[C@]1(O)C(=O)OC(C)C. The molecule has 0 aromatic carbocycles. The Bertz CT molecular complexity index is 296. The summed E-state index contributed by atoms with van der Waals surface area (Å²) < 4.78 is 5.19. The highest BCUT2D eigenvalue weighted by molar-refractivity contribution is 5.81. The highest BCUT2D eigenvalue weighted by Gasteiger charge is 2.52. The van der Waals surface area contributed by atoms with Crippen LogP contribution in [0.15, 0.2) is 12.2 Å². The summed E-state index contributed by atoms with van der Waals surface area (Å²) in [5.41, 5.74) is -1.34. The van der Waals surface area contributed by atoms with E-state index in [0.29, 0.717) is 0 Å². The van der Waals surface area contributed by atoms with E-state index >= 15 is 0 Å². The molecule has 0 bridgehead atoms. The molecule has 0 aromatic heterocycles. The number of carbonyl (C=O) groups excluding carboxylic acids is 1. The Morgan fingerprint density at radius 3 is 2.71 bits per heavy atom.